The van der Waals surface area contributed by atoms with Crippen molar-refractivity contribution in [1.29, 1.82) is 0 Å². The van der Waals surface area contributed by atoms with Crippen LogP contribution in [0.4, 0.5) is 0 Å². The van der Waals surface area contributed by atoms with Gasteiger partial charge in [0.15, 0.2) is 17.8 Å². The summed E-state index contributed by atoms with van der Waals surface area (Å²) in [5.41, 5.74) is 6.44. The van der Waals surface area contributed by atoms with Gasteiger partial charge in [-0.1, -0.05) is 30.3 Å². The Morgan fingerprint density at radius 1 is 1.18 bits per heavy atom. The first-order chi connectivity index (χ1) is 10.7. The Morgan fingerprint density at radius 2 is 1.86 bits per heavy atom. The molecule has 1 aliphatic rings. The van der Waals surface area contributed by atoms with Crippen LogP contribution < -0.4 is 5.73 Å². The van der Waals surface area contributed by atoms with Crippen LogP contribution in [0.15, 0.2) is 41.1 Å². The summed E-state index contributed by atoms with van der Waals surface area (Å²) in [6.07, 6.45) is 2.48. The SMILES string of the molecule is NC(=O)C1CCN(C(=O)c2ncoc2-c2ccccc2)CC1. The summed E-state index contributed by atoms with van der Waals surface area (Å²) in [6, 6.07) is 9.40. The van der Waals surface area contributed by atoms with Crippen LogP contribution in [0.3, 0.4) is 0 Å². The molecular weight excluding hydrogens is 282 g/mol. The third kappa shape index (κ3) is 2.72. The predicted molar refractivity (Wildman–Crippen MR) is 79.8 cm³/mol. The molecule has 3 rings (SSSR count). The predicted octanol–water partition coefficient (Wildman–Crippen LogP) is 1.68. The number of carbonyl (C=O) groups is 2. The lowest BCUT2D eigenvalue weighted by atomic mass is 9.96. The van der Waals surface area contributed by atoms with Crippen molar-refractivity contribution in [1.82, 2.24) is 9.88 Å². The number of aromatic nitrogens is 1. The second-order valence-electron chi connectivity index (χ2n) is 5.36. The third-order valence-electron chi connectivity index (χ3n) is 3.99. The highest BCUT2D eigenvalue weighted by molar-refractivity contribution is 5.97. The molecule has 0 radical (unpaired) electrons. The van der Waals surface area contributed by atoms with Gasteiger partial charge in [-0.05, 0) is 12.8 Å². The Hall–Kier alpha value is -2.63. The lowest BCUT2D eigenvalue weighted by Crippen LogP contribution is -2.42. The van der Waals surface area contributed by atoms with E-state index in [0.29, 0.717) is 37.4 Å². The largest absolute Gasteiger partial charge is 0.443 e. The van der Waals surface area contributed by atoms with Gasteiger partial charge in [-0.2, -0.15) is 0 Å². The molecule has 6 nitrogen and oxygen atoms in total. The molecule has 0 spiro atoms. The summed E-state index contributed by atoms with van der Waals surface area (Å²) in [7, 11) is 0. The van der Waals surface area contributed by atoms with Gasteiger partial charge in [0.05, 0.1) is 0 Å². The maximum Gasteiger partial charge on any atom is 0.276 e. The molecule has 1 saturated heterocycles. The molecule has 1 aromatic heterocycles. The van der Waals surface area contributed by atoms with Gasteiger partial charge in [0.2, 0.25) is 5.91 Å². The molecule has 0 bridgehead atoms. The van der Waals surface area contributed by atoms with Crippen molar-refractivity contribution in [3.63, 3.8) is 0 Å². The maximum absolute atomic E-state index is 12.6. The molecule has 114 valence electrons. The molecule has 1 aliphatic heterocycles. The number of likely N-dealkylation sites (tertiary alicyclic amines) is 1. The second kappa shape index (κ2) is 6.01. The number of benzene rings is 1. The molecule has 0 atom stereocenters. The Morgan fingerprint density at radius 3 is 2.50 bits per heavy atom. The number of amides is 2. The lowest BCUT2D eigenvalue weighted by molar-refractivity contribution is -0.123. The zero-order valence-corrected chi connectivity index (χ0v) is 12.1. The van der Waals surface area contributed by atoms with Crippen LogP contribution in [0.25, 0.3) is 11.3 Å². The number of carbonyl (C=O) groups excluding carboxylic acids is 2. The molecule has 6 heteroatoms. The van der Waals surface area contributed by atoms with Crippen molar-refractivity contribution in [2.45, 2.75) is 12.8 Å². The molecule has 1 fully saturated rings. The van der Waals surface area contributed by atoms with Crippen LogP contribution in [0.5, 0.6) is 0 Å². The van der Waals surface area contributed by atoms with E-state index in [-0.39, 0.29) is 17.7 Å². The average Bonchev–Trinajstić information content (AvgIpc) is 3.04. The highest BCUT2D eigenvalue weighted by atomic mass is 16.3. The van der Waals surface area contributed by atoms with Crippen LogP contribution in [-0.4, -0.2) is 34.8 Å². The maximum atomic E-state index is 12.6. The Labute approximate surface area is 127 Å². The number of nitrogens with zero attached hydrogens (tertiary/aromatic N) is 2. The van der Waals surface area contributed by atoms with Crippen molar-refractivity contribution in [2.75, 3.05) is 13.1 Å². The highest BCUT2D eigenvalue weighted by Crippen LogP contribution is 2.25. The topological polar surface area (TPSA) is 89.4 Å². The van der Waals surface area contributed by atoms with Crippen LogP contribution in [0.1, 0.15) is 23.3 Å². The van der Waals surface area contributed by atoms with E-state index in [0.717, 1.165) is 5.56 Å². The van der Waals surface area contributed by atoms with E-state index in [1.807, 2.05) is 30.3 Å². The summed E-state index contributed by atoms with van der Waals surface area (Å²) in [4.78, 5) is 29.6. The number of piperidine rings is 1. The average molecular weight is 299 g/mol. The first kappa shape index (κ1) is 14.3. The van der Waals surface area contributed by atoms with Gasteiger partial charge in [-0.25, -0.2) is 4.98 Å². The molecule has 22 heavy (non-hydrogen) atoms. The molecule has 2 heterocycles. The summed E-state index contributed by atoms with van der Waals surface area (Å²) >= 11 is 0. The first-order valence-electron chi connectivity index (χ1n) is 7.24. The molecule has 1 aromatic carbocycles. The van der Waals surface area contributed by atoms with Gasteiger partial charge in [0, 0.05) is 24.6 Å². The molecule has 2 amide bonds. The van der Waals surface area contributed by atoms with Crippen LogP contribution in [-0.2, 0) is 4.79 Å². The minimum atomic E-state index is -0.293. The smallest absolute Gasteiger partial charge is 0.276 e. The van der Waals surface area contributed by atoms with E-state index in [4.69, 9.17) is 10.2 Å². The summed E-state index contributed by atoms with van der Waals surface area (Å²) in [5.74, 6) is -0.133. The molecule has 0 aliphatic carbocycles. The highest BCUT2D eigenvalue weighted by Gasteiger charge is 2.29. The van der Waals surface area contributed by atoms with Crippen molar-refractivity contribution >= 4 is 11.8 Å². The lowest BCUT2D eigenvalue weighted by Gasteiger charge is -2.30. The van der Waals surface area contributed by atoms with Crippen LogP contribution >= 0.6 is 0 Å². The van der Waals surface area contributed by atoms with Gasteiger partial charge in [0.1, 0.15) is 0 Å². The normalized spacial score (nSPS) is 15.7. The first-order valence-corrected chi connectivity index (χ1v) is 7.24. The third-order valence-corrected chi connectivity index (χ3v) is 3.99. The zero-order valence-electron chi connectivity index (χ0n) is 12.1. The van der Waals surface area contributed by atoms with Gasteiger partial charge in [-0.3, -0.25) is 9.59 Å². The number of primary amides is 1. The van der Waals surface area contributed by atoms with E-state index in [9.17, 15) is 9.59 Å². The van der Waals surface area contributed by atoms with E-state index in [1.165, 1.54) is 6.39 Å². The number of hydrogen-bond donors (Lipinski definition) is 1. The summed E-state index contributed by atoms with van der Waals surface area (Å²) in [6.45, 7) is 1.01. The van der Waals surface area contributed by atoms with E-state index >= 15 is 0 Å². The van der Waals surface area contributed by atoms with Gasteiger partial charge < -0.3 is 15.1 Å². The fourth-order valence-corrected chi connectivity index (χ4v) is 2.71. The van der Waals surface area contributed by atoms with E-state index in [1.54, 1.807) is 4.90 Å². The van der Waals surface area contributed by atoms with E-state index in [2.05, 4.69) is 4.98 Å². The Kier molecular flexibility index (Phi) is 3.91. The van der Waals surface area contributed by atoms with Gasteiger partial charge >= 0.3 is 0 Å². The van der Waals surface area contributed by atoms with E-state index < -0.39 is 0 Å². The molecule has 2 aromatic rings. The second-order valence-corrected chi connectivity index (χ2v) is 5.36. The van der Waals surface area contributed by atoms with Crippen LogP contribution in [0.2, 0.25) is 0 Å². The van der Waals surface area contributed by atoms with Gasteiger partial charge in [0.25, 0.3) is 5.91 Å². The fourth-order valence-electron chi connectivity index (χ4n) is 2.71. The van der Waals surface area contributed by atoms with Crippen molar-refractivity contribution in [3.8, 4) is 11.3 Å². The standard InChI is InChI=1S/C16H17N3O3/c17-15(20)12-6-8-19(9-7-12)16(21)13-14(22-10-18-13)11-4-2-1-3-5-11/h1-5,10,12H,6-9H2,(H2,17,20). The number of rotatable bonds is 3. The fraction of sp³-hybridized carbons (Fsp3) is 0.312. The Balaban J connectivity index is 1.77. The van der Waals surface area contributed by atoms with Crippen molar-refractivity contribution in [2.24, 2.45) is 11.7 Å². The number of oxazole rings is 1. The van der Waals surface area contributed by atoms with Crippen molar-refractivity contribution in [3.05, 3.63) is 42.4 Å². The van der Waals surface area contributed by atoms with Gasteiger partial charge in [-0.15, -0.1) is 0 Å². The molecule has 2 N–H and O–H groups in total. The minimum absolute atomic E-state index is 0.144. The molecule has 0 saturated carbocycles. The van der Waals surface area contributed by atoms with Crippen molar-refractivity contribution < 1.29 is 14.0 Å². The monoisotopic (exact) mass is 299 g/mol. The number of hydrogen-bond acceptors (Lipinski definition) is 4. The summed E-state index contributed by atoms with van der Waals surface area (Å²) < 4.78 is 5.39. The minimum Gasteiger partial charge on any atom is -0.443 e. The summed E-state index contributed by atoms with van der Waals surface area (Å²) in [5, 5.41) is 0. The number of nitrogens with two attached hydrogens (primary N) is 1. The molecular formula is C16H17N3O3. The quantitative estimate of drug-likeness (QED) is 0.933. The molecule has 0 unspecified atom stereocenters. The van der Waals surface area contributed by atoms with Crippen LogP contribution in [0, 0.1) is 5.92 Å². The Bertz CT molecular complexity index is 673. The zero-order chi connectivity index (χ0) is 15.5.